The van der Waals surface area contributed by atoms with Crippen molar-refractivity contribution in [1.82, 2.24) is 4.90 Å². The van der Waals surface area contributed by atoms with Crippen LogP contribution < -0.4 is 5.73 Å². The summed E-state index contributed by atoms with van der Waals surface area (Å²) in [6.07, 6.45) is 0.682. The minimum absolute atomic E-state index is 0.0213. The van der Waals surface area contributed by atoms with Gasteiger partial charge >= 0.3 is 0 Å². The van der Waals surface area contributed by atoms with Crippen LogP contribution in [0.15, 0.2) is 30.3 Å². The number of thiocarbonyl (C=S) groups is 1. The summed E-state index contributed by atoms with van der Waals surface area (Å²) in [7, 11) is -2.88. The first kappa shape index (κ1) is 15.4. The van der Waals surface area contributed by atoms with Gasteiger partial charge in [0.2, 0.25) is 0 Å². The molecule has 110 valence electrons. The maximum absolute atomic E-state index is 11.6. The minimum Gasteiger partial charge on any atom is -0.393 e. The lowest BCUT2D eigenvalue weighted by molar-refractivity contribution is 0.292. The summed E-state index contributed by atoms with van der Waals surface area (Å²) in [6, 6.07) is 9.91. The fourth-order valence-corrected chi connectivity index (χ4v) is 4.00. The molecule has 1 saturated heterocycles. The second-order valence-corrected chi connectivity index (χ2v) is 7.95. The van der Waals surface area contributed by atoms with Gasteiger partial charge in [-0.2, -0.15) is 0 Å². The second kappa shape index (κ2) is 6.65. The highest BCUT2D eigenvalue weighted by Crippen LogP contribution is 2.18. The molecule has 20 heavy (non-hydrogen) atoms. The molecule has 0 spiro atoms. The molecule has 1 aliphatic heterocycles. The summed E-state index contributed by atoms with van der Waals surface area (Å²) in [5, 5.41) is 0. The van der Waals surface area contributed by atoms with E-state index in [1.807, 2.05) is 30.3 Å². The number of hydrogen-bond donors (Lipinski definition) is 1. The van der Waals surface area contributed by atoms with Crippen LogP contribution in [0, 0.1) is 0 Å². The zero-order chi connectivity index (χ0) is 14.6. The largest absolute Gasteiger partial charge is 0.393 e. The summed E-state index contributed by atoms with van der Waals surface area (Å²) < 4.78 is 23.3. The van der Waals surface area contributed by atoms with Gasteiger partial charge in [-0.05, 0) is 18.5 Å². The van der Waals surface area contributed by atoms with Crippen LogP contribution >= 0.6 is 12.2 Å². The number of hydrogen-bond acceptors (Lipinski definition) is 4. The Hall–Kier alpha value is -0.980. The van der Waals surface area contributed by atoms with Gasteiger partial charge in [0.05, 0.1) is 16.5 Å². The van der Waals surface area contributed by atoms with Gasteiger partial charge in [0.1, 0.15) is 0 Å². The predicted molar refractivity (Wildman–Crippen MR) is 85.7 cm³/mol. The number of nitrogens with two attached hydrogens (primary N) is 1. The Bertz CT molecular complexity index is 558. The van der Waals surface area contributed by atoms with E-state index in [2.05, 4.69) is 4.90 Å². The van der Waals surface area contributed by atoms with Crippen molar-refractivity contribution in [2.45, 2.75) is 12.3 Å². The monoisotopic (exact) mass is 312 g/mol. The molecule has 0 radical (unpaired) electrons. The average Bonchev–Trinajstić information content (AvgIpc) is 2.58. The molecule has 4 nitrogen and oxygen atoms in total. The van der Waals surface area contributed by atoms with Gasteiger partial charge in [0.15, 0.2) is 9.84 Å². The van der Waals surface area contributed by atoms with Gasteiger partial charge < -0.3 is 10.6 Å². The fraction of sp³-hybridized carbons (Fsp3) is 0.500. The van der Waals surface area contributed by atoms with Crippen LogP contribution in [0.4, 0.5) is 0 Å². The molecule has 1 atom stereocenters. The van der Waals surface area contributed by atoms with Crippen molar-refractivity contribution < 1.29 is 8.42 Å². The molecule has 0 aliphatic carbocycles. The molecule has 0 aromatic heterocycles. The Morgan fingerprint density at radius 2 is 1.95 bits per heavy atom. The molecule has 0 amide bonds. The van der Waals surface area contributed by atoms with Crippen LogP contribution in [0.25, 0.3) is 0 Å². The molecular formula is C14H20N2O2S2. The fourth-order valence-electron chi connectivity index (χ4n) is 2.48. The summed E-state index contributed by atoms with van der Waals surface area (Å²) in [6.45, 7) is 2.04. The molecule has 1 unspecified atom stereocenters. The first-order valence-electron chi connectivity index (χ1n) is 6.75. The maximum atomic E-state index is 11.6. The van der Waals surface area contributed by atoms with Crippen LogP contribution in [-0.4, -0.2) is 49.4 Å². The molecule has 6 heteroatoms. The maximum Gasteiger partial charge on any atom is 0.151 e. The highest BCUT2D eigenvalue weighted by atomic mass is 32.2. The van der Waals surface area contributed by atoms with Gasteiger partial charge in [0.25, 0.3) is 0 Å². The summed E-state index contributed by atoms with van der Waals surface area (Å²) >= 11 is 5.18. The Balaban J connectivity index is 2.08. The van der Waals surface area contributed by atoms with Crippen LogP contribution in [0.5, 0.6) is 0 Å². The second-order valence-electron chi connectivity index (χ2n) is 5.17. The number of rotatable bonds is 4. The van der Waals surface area contributed by atoms with E-state index in [0.717, 1.165) is 12.1 Å². The van der Waals surface area contributed by atoms with Crippen molar-refractivity contribution in [2.75, 3.05) is 31.1 Å². The molecule has 1 aromatic carbocycles. The zero-order valence-corrected chi connectivity index (χ0v) is 13.0. The van der Waals surface area contributed by atoms with Crippen molar-refractivity contribution in [3.63, 3.8) is 0 Å². The van der Waals surface area contributed by atoms with Crippen LogP contribution in [0.1, 0.15) is 17.9 Å². The molecule has 0 saturated carbocycles. The van der Waals surface area contributed by atoms with Crippen molar-refractivity contribution in [3.8, 4) is 0 Å². The topological polar surface area (TPSA) is 63.4 Å². The van der Waals surface area contributed by atoms with Crippen molar-refractivity contribution >= 4 is 27.0 Å². The SMILES string of the molecule is NC(=S)C(CN1CCCS(=O)(=O)CC1)c1ccccc1. The predicted octanol–water partition coefficient (Wildman–Crippen LogP) is 1.18. The Morgan fingerprint density at radius 3 is 2.60 bits per heavy atom. The molecule has 1 heterocycles. The van der Waals surface area contributed by atoms with E-state index in [4.69, 9.17) is 18.0 Å². The summed E-state index contributed by atoms with van der Waals surface area (Å²) in [5.41, 5.74) is 6.95. The number of benzene rings is 1. The van der Waals surface area contributed by atoms with Crippen LogP contribution in [0.2, 0.25) is 0 Å². The quantitative estimate of drug-likeness (QED) is 0.846. The van der Waals surface area contributed by atoms with Crippen molar-refractivity contribution in [3.05, 3.63) is 35.9 Å². The Labute approximate surface area is 125 Å². The van der Waals surface area contributed by atoms with E-state index < -0.39 is 9.84 Å². The normalized spacial score (nSPS) is 21.0. The minimum atomic E-state index is -2.88. The van der Waals surface area contributed by atoms with Gasteiger partial charge in [-0.1, -0.05) is 42.5 Å². The third kappa shape index (κ3) is 4.26. The first-order chi connectivity index (χ1) is 9.48. The lowest BCUT2D eigenvalue weighted by Crippen LogP contribution is -2.35. The van der Waals surface area contributed by atoms with Gasteiger partial charge in [-0.25, -0.2) is 8.42 Å². The molecule has 2 rings (SSSR count). The molecule has 2 N–H and O–H groups in total. The van der Waals surface area contributed by atoms with E-state index >= 15 is 0 Å². The van der Waals surface area contributed by atoms with E-state index in [1.165, 1.54) is 0 Å². The average molecular weight is 312 g/mol. The number of sulfone groups is 1. The van der Waals surface area contributed by atoms with Gasteiger partial charge in [0, 0.05) is 19.0 Å². The summed E-state index contributed by atoms with van der Waals surface area (Å²) in [5.74, 6) is 0.491. The highest BCUT2D eigenvalue weighted by Gasteiger charge is 2.23. The highest BCUT2D eigenvalue weighted by molar-refractivity contribution is 7.91. The van der Waals surface area contributed by atoms with E-state index in [-0.39, 0.29) is 17.4 Å². The third-order valence-corrected chi connectivity index (χ3v) is 5.63. The van der Waals surface area contributed by atoms with Gasteiger partial charge in [-0.3, -0.25) is 0 Å². The zero-order valence-electron chi connectivity index (χ0n) is 11.4. The number of nitrogens with zero attached hydrogens (tertiary/aromatic N) is 1. The molecule has 1 aliphatic rings. The lowest BCUT2D eigenvalue weighted by atomic mass is 9.98. The Morgan fingerprint density at radius 1 is 1.25 bits per heavy atom. The molecule has 0 bridgehead atoms. The molecule has 1 aromatic rings. The lowest BCUT2D eigenvalue weighted by Gasteiger charge is -2.25. The van der Waals surface area contributed by atoms with E-state index in [9.17, 15) is 8.42 Å². The smallest absolute Gasteiger partial charge is 0.151 e. The van der Waals surface area contributed by atoms with Crippen LogP contribution in [-0.2, 0) is 9.84 Å². The summed E-state index contributed by atoms with van der Waals surface area (Å²) in [4.78, 5) is 2.62. The third-order valence-electron chi connectivity index (χ3n) is 3.63. The molecular weight excluding hydrogens is 292 g/mol. The first-order valence-corrected chi connectivity index (χ1v) is 8.98. The van der Waals surface area contributed by atoms with E-state index in [0.29, 0.717) is 24.5 Å². The standard InChI is InChI=1S/C14H20N2O2S2/c15-14(19)13(12-5-2-1-3-6-12)11-16-7-4-9-20(17,18)10-8-16/h1-3,5-6,13H,4,7-11H2,(H2,15,19). The molecule has 1 fully saturated rings. The van der Waals surface area contributed by atoms with Crippen molar-refractivity contribution in [1.29, 1.82) is 0 Å². The Kier molecular flexibility index (Phi) is 5.12. The van der Waals surface area contributed by atoms with Crippen molar-refractivity contribution in [2.24, 2.45) is 5.73 Å². The van der Waals surface area contributed by atoms with Gasteiger partial charge in [-0.15, -0.1) is 0 Å². The van der Waals surface area contributed by atoms with Crippen LogP contribution in [0.3, 0.4) is 0 Å². The van der Waals surface area contributed by atoms with E-state index in [1.54, 1.807) is 0 Å².